The molecule has 0 bridgehead atoms. The van der Waals surface area contributed by atoms with Crippen LogP contribution in [-0.4, -0.2) is 9.13 Å². The normalized spacial score (nSPS) is 11.1. The van der Waals surface area contributed by atoms with Gasteiger partial charge in [-0.05, 0) is 89.5 Å². The average Bonchev–Trinajstić information content (AvgIpc) is 3.69. The molecule has 0 radical (unpaired) electrons. The third-order valence-corrected chi connectivity index (χ3v) is 9.57. The van der Waals surface area contributed by atoms with Crippen molar-refractivity contribution in [2.24, 2.45) is 0 Å². The second-order valence-electron chi connectivity index (χ2n) is 12.3. The SMILES string of the molecule is [C-]#[N+]c1ccc2c3cc(C#N)ccc3n(-c3ccc(C#N)cc3-c3cccc(-c4cccc(-n5c6ccccc6c6ccccc65)c4)c3)c2c1. The highest BCUT2D eigenvalue weighted by molar-refractivity contribution is 6.11. The fourth-order valence-electron chi connectivity index (χ4n) is 7.33. The Morgan fingerprint density at radius 2 is 1.08 bits per heavy atom. The number of rotatable bonds is 4. The second-order valence-corrected chi connectivity index (χ2v) is 12.3. The van der Waals surface area contributed by atoms with Crippen LogP contribution in [0.2, 0.25) is 0 Å². The van der Waals surface area contributed by atoms with E-state index in [1.165, 1.54) is 10.8 Å². The highest BCUT2D eigenvalue weighted by Crippen LogP contribution is 2.40. The van der Waals surface area contributed by atoms with E-state index in [1.54, 1.807) is 0 Å². The number of para-hydroxylation sites is 2. The Morgan fingerprint density at radius 1 is 0.460 bits per heavy atom. The van der Waals surface area contributed by atoms with Crippen LogP contribution in [0.5, 0.6) is 0 Å². The quantitative estimate of drug-likeness (QED) is 0.181. The molecule has 230 valence electrons. The molecule has 0 unspecified atom stereocenters. The largest absolute Gasteiger partial charge is 0.310 e. The summed E-state index contributed by atoms with van der Waals surface area (Å²) in [5, 5.41) is 24.0. The smallest absolute Gasteiger partial charge is 0.189 e. The van der Waals surface area contributed by atoms with E-state index in [0.717, 1.165) is 66.5 Å². The molecule has 5 heteroatoms. The number of nitriles is 2. The molecule has 7 aromatic carbocycles. The van der Waals surface area contributed by atoms with Gasteiger partial charge in [0.05, 0.1) is 52.1 Å². The lowest BCUT2D eigenvalue weighted by atomic mass is 9.96. The summed E-state index contributed by atoms with van der Waals surface area (Å²) in [6, 6.07) is 55.8. The number of fused-ring (bicyclic) bond motifs is 6. The molecule has 5 nitrogen and oxygen atoms in total. The fraction of sp³-hybridized carbons (Fsp3) is 0. The molecule has 0 amide bonds. The van der Waals surface area contributed by atoms with Crippen LogP contribution in [0.3, 0.4) is 0 Å². The van der Waals surface area contributed by atoms with Gasteiger partial charge < -0.3 is 9.13 Å². The Balaban J connectivity index is 1.24. The molecule has 0 fully saturated rings. The topological polar surface area (TPSA) is 61.8 Å². The predicted molar refractivity (Wildman–Crippen MR) is 202 cm³/mol. The van der Waals surface area contributed by atoms with E-state index >= 15 is 0 Å². The van der Waals surface area contributed by atoms with Gasteiger partial charge in [-0.1, -0.05) is 78.9 Å². The molecule has 0 aliphatic heterocycles. The molecule has 0 saturated heterocycles. The second kappa shape index (κ2) is 11.4. The molecule has 2 aromatic heterocycles. The van der Waals surface area contributed by atoms with Crippen molar-refractivity contribution in [3.05, 3.63) is 174 Å². The van der Waals surface area contributed by atoms with E-state index in [2.05, 4.69) is 123 Å². The number of hydrogen-bond donors (Lipinski definition) is 0. The minimum atomic E-state index is 0.530. The molecule has 0 atom stereocenters. The van der Waals surface area contributed by atoms with Gasteiger partial charge in [0.25, 0.3) is 0 Å². The Hall–Kier alpha value is -7.39. The first-order valence-electron chi connectivity index (χ1n) is 16.2. The van der Waals surface area contributed by atoms with Crippen LogP contribution < -0.4 is 0 Å². The maximum absolute atomic E-state index is 9.98. The highest BCUT2D eigenvalue weighted by atomic mass is 15.0. The zero-order chi connectivity index (χ0) is 33.8. The molecule has 0 N–H and O–H groups in total. The van der Waals surface area contributed by atoms with Gasteiger partial charge in [-0.3, -0.25) is 0 Å². The highest BCUT2D eigenvalue weighted by Gasteiger charge is 2.18. The van der Waals surface area contributed by atoms with E-state index in [9.17, 15) is 10.5 Å². The number of hydrogen-bond acceptors (Lipinski definition) is 2. The Labute approximate surface area is 288 Å². The molecule has 2 heterocycles. The predicted octanol–water partition coefficient (Wildman–Crippen LogP) is 11.5. The molecular formula is C45H25N5. The van der Waals surface area contributed by atoms with Crippen molar-refractivity contribution in [2.75, 3.05) is 0 Å². The summed E-state index contributed by atoms with van der Waals surface area (Å²) in [5.74, 6) is 0. The fourth-order valence-corrected chi connectivity index (χ4v) is 7.33. The monoisotopic (exact) mass is 635 g/mol. The Kier molecular flexibility index (Phi) is 6.56. The molecule has 9 rings (SSSR count). The van der Waals surface area contributed by atoms with Gasteiger partial charge in [-0.2, -0.15) is 10.5 Å². The van der Waals surface area contributed by atoms with Crippen LogP contribution in [-0.2, 0) is 0 Å². The van der Waals surface area contributed by atoms with E-state index in [0.29, 0.717) is 16.8 Å². The Bertz CT molecular complexity index is 2920. The summed E-state index contributed by atoms with van der Waals surface area (Å²) in [7, 11) is 0. The zero-order valence-electron chi connectivity index (χ0n) is 26.7. The van der Waals surface area contributed by atoms with E-state index in [4.69, 9.17) is 6.57 Å². The summed E-state index contributed by atoms with van der Waals surface area (Å²) < 4.78 is 4.47. The van der Waals surface area contributed by atoms with E-state index < -0.39 is 0 Å². The van der Waals surface area contributed by atoms with Crippen LogP contribution in [0.25, 0.3) is 82.1 Å². The lowest BCUT2D eigenvalue weighted by Crippen LogP contribution is -1.98. The number of aromatic nitrogens is 2. The first kappa shape index (κ1) is 28.8. The van der Waals surface area contributed by atoms with Gasteiger partial charge in [-0.25, -0.2) is 4.85 Å². The lowest BCUT2D eigenvalue weighted by Gasteiger charge is -2.16. The first-order valence-corrected chi connectivity index (χ1v) is 16.2. The van der Waals surface area contributed by atoms with Gasteiger partial charge in [0.15, 0.2) is 5.69 Å². The summed E-state index contributed by atoms with van der Waals surface area (Å²) in [5.41, 5.74) is 11.7. The Morgan fingerprint density at radius 3 is 1.82 bits per heavy atom. The lowest BCUT2D eigenvalue weighted by molar-refractivity contribution is 1.18. The van der Waals surface area contributed by atoms with Crippen molar-refractivity contribution in [3.8, 4) is 45.8 Å². The maximum atomic E-state index is 9.98. The summed E-state index contributed by atoms with van der Waals surface area (Å²) >= 11 is 0. The number of nitrogens with zero attached hydrogens (tertiary/aromatic N) is 5. The zero-order valence-corrected chi connectivity index (χ0v) is 26.7. The third-order valence-electron chi connectivity index (χ3n) is 9.57. The van der Waals surface area contributed by atoms with Crippen molar-refractivity contribution in [3.63, 3.8) is 0 Å². The maximum Gasteiger partial charge on any atom is 0.189 e. The van der Waals surface area contributed by atoms with Gasteiger partial charge in [0.1, 0.15) is 0 Å². The summed E-state index contributed by atoms with van der Waals surface area (Å²) in [4.78, 5) is 3.71. The van der Waals surface area contributed by atoms with Gasteiger partial charge in [-0.15, -0.1) is 0 Å². The molecule has 0 aliphatic rings. The molecule has 0 saturated carbocycles. The van der Waals surface area contributed by atoms with Crippen LogP contribution in [0, 0.1) is 29.2 Å². The number of benzene rings is 7. The van der Waals surface area contributed by atoms with Crippen LogP contribution in [0.1, 0.15) is 11.1 Å². The minimum absolute atomic E-state index is 0.530. The van der Waals surface area contributed by atoms with Crippen molar-refractivity contribution < 1.29 is 0 Å². The van der Waals surface area contributed by atoms with Crippen molar-refractivity contribution in [1.82, 2.24) is 9.13 Å². The van der Waals surface area contributed by atoms with E-state index in [-0.39, 0.29) is 0 Å². The van der Waals surface area contributed by atoms with Gasteiger partial charge >= 0.3 is 0 Å². The van der Waals surface area contributed by atoms with Crippen LogP contribution >= 0.6 is 0 Å². The molecule has 9 aromatic rings. The average molecular weight is 636 g/mol. The third kappa shape index (κ3) is 4.45. The standard InChI is InChI=1S/C45H25N5/c1-48-34-18-19-38-40-23-30(28-47)17-21-44(40)50(45(38)26-34)43-20-16-29(27-46)22-39(43)33-10-6-8-31(24-33)32-9-7-11-35(25-32)49-41-14-4-2-12-36(41)37-13-3-5-15-42(37)49/h2-26H. The van der Waals surface area contributed by atoms with Crippen LogP contribution in [0.4, 0.5) is 5.69 Å². The molecule has 50 heavy (non-hydrogen) atoms. The van der Waals surface area contributed by atoms with Crippen molar-refractivity contribution in [2.45, 2.75) is 0 Å². The van der Waals surface area contributed by atoms with Gasteiger partial charge in [0, 0.05) is 38.3 Å². The summed E-state index contributed by atoms with van der Waals surface area (Å²) in [6.07, 6.45) is 0. The van der Waals surface area contributed by atoms with Crippen LogP contribution in [0.15, 0.2) is 152 Å². The minimum Gasteiger partial charge on any atom is -0.310 e. The van der Waals surface area contributed by atoms with Gasteiger partial charge in [0.2, 0.25) is 0 Å². The summed E-state index contributed by atoms with van der Waals surface area (Å²) in [6.45, 7) is 7.70. The molecular weight excluding hydrogens is 611 g/mol. The molecule has 0 aliphatic carbocycles. The molecule has 0 spiro atoms. The van der Waals surface area contributed by atoms with Crippen molar-refractivity contribution >= 4 is 49.3 Å². The van der Waals surface area contributed by atoms with E-state index in [1.807, 2.05) is 54.6 Å². The first-order chi connectivity index (χ1) is 24.6. The van der Waals surface area contributed by atoms with Crippen molar-refractivity contribution in [1.29, 1.82) is 10.5 Å².